The fraction of sp³-hybridized carbons (Fsp3) is 0.417. The van der Waals surface area contributed by atoms with E-state index in [9.17, 15) is 13.2 Å². The lowest BCUT2D eigenvalue weighted by molar-refractivity contribution is -0.138. The zero-order valence-electron chi connectivity index (χ0n) is 10.3. The molecule has 1 atom stereocenters. The van der Waals surface area contributed by atoms with Crippen molar-refractivity contribution in [3.8, 4) is 0 Å². The van der Waals surface area contributed by atoms with E-state index in [1.165, 1.54) is 6.07 Å². The first-order valence-corrected chi connectivity index (χ1v) is 7.78. The third-order valence-corrected chi connectivity index (χ3v) is 5.88. The number of benzene rings is 1. The number of hydrogen-bond acceptors (Lipinski definition) is 3. The molecule has 0 aliphatic carbocycles. The SMILES string of the molecule is CC(C(=O)O)c1ccc(S(=O)(=O)C(C)C)c(Br)c1. The van der Waals surface area contributed by atoms with Gasteiger partial charge in [0.1, 0.15) is 0 Å². The number of carboxylic acid groups (broad SMARTS) is 1. The van der Waals surface area contributed by atoms with Crippen LogP contribution < -0.4 is 0 Å². The first-order chi connectivity index (χ1) is 8.17. The molecule has 0 aliphatic heterocycles. The van der Waals surface area contributed by atoms with Crippen LogP contribution in [0.15, 0.2) is 27.6 Å². The molecule has 0 bridgehead atoms. The number of hydrogen-bond donors (Lipinski definition) is 1. The molecule has 0 aromatic heterocycles. The fourth-order valence-electron chi connectivity index (χ4n) is 1.41. The van der Waals surface area contributed by atoms with Crippen molar-refractivity contribution in [2.45, 2.75) is 36.8 Å². The van der Waals surface area contributed by atoms with Gasteiger partial charge in [0.25, 0.3) is 0 Å². The molecule has 6 heteroatoms. The van der Waals surface area contributed by atoms with Gasteiger partial charge >= 0.3 is 5.97 Å². The molecular formula is C12H15BrO4S. The van der Waals surface area contributed by atoms with Crippen molar-refractivity contribution in [1.29, 1.82) is 0 Å². The maximum atomic E-state index is 12.0. The van der Waals surface area contributed by atoms with Crippen LogP contribution in [0.25, 0.3) is 0 Å². The van der Waals surface area contributed by atoms with Gasteiger partial charge in [-0.05, 0) is 54.4 Å². The van der Waals surface area contributed by atoms with Gasteiger partial charge in [0.15, 0.2) is 9.84 Å². The van der Waals surface area contributed by atoms with Crippen LogP contribution in [-0.4, -0.2) is 24.7 Å². The quantitative estimate of drug-likeness (QED) is 0.918. The minimum Gasteiger partial charge on any atom is -0.481 e. The van der Waals surface area contributed by atoms with Gasteiger partial charge in [-0.2, -0.15) is 0 Å². The minimum absolute atomic E-state index is 0.193. The van der Waals surface area contributed by atoms with Crippen molar-refractivity contribution in [3.63, 3.8) is 0 Å². The van der Waals surface area contributed by atoms with Gasteiger partial charge in [0, 0.05) is 4.47 Å². The van der Waals surface area contributed by atoms with Crippen LogP contribution in [0.3, 0.4) is 0 Å². The molecule has 18 heavy (non-hydrogen) atoms. The zero-order valence-corrected chi connectivity index (χ0v) is 12.7. The van der Waals surface area contributed by atoms with Crippen molar-refractivity contribution in [2.24, 2.45) is 0 Å². The summed E-state index contributed by atoms with van der Waals surface area (Å²) < 4.78 is 24.4. The molecule has 1 N–H and O–H groups in total. The summed E-state index contributed by atoms with van der Waals surface area (Å²) in [5.74, 6) is -1.61. The second kappa shape index (κ2) is 5.40. The number of rotatable bonds is 4. The maximum absolute atomic E-state index is 12.0. The van der Waals surface area contributed by atoms with Crippen LogP contribution in [0.1, 0.15) is 32.3 Å². The van der Waals surface area contributed by atoms with E-state index < -0.39 is 27.0 Å². The molecular weight excluding hydrogens is 320 g/mol. The van der Waals surface area contributed by atoms with E-state index >= 15 is 0 Å². The minimum atomic E-state index is -3.36. The average molecular weight is 335 g/mol. The highest BCUT2D eigenvalue weighted by Gasteiger charge is 2.23. The molecule has 0 radical (unpaired) electrons. The van der Waals surface area contributed by atoms with Gasteiger partial charge in [-0.3, -0.25) is 4.79 Å². The first kappa shape index (κ1) is 15.2. The first-order valence-electron chi connectivity index (χ1n) is 5.44. The number of carbonyl (C=O) groups is 1. The third kappa shape index (κ3) is 2.92. The molecule has 0 saturated heterocycles. The Morgan fingerprint density at radius 1 is 1.28 bits per heavy atom. The van der Waals surface area contributed by atoms with Gasteiger partial charge in [-0.25, -0.2) is 8.42 Å². The Hall–Kier alpha value is -0.880. The van der Waals surface area contributed by atoms with Crippen LogP contribution in [0.4, 0.5) is 0 Å². The topological polar surface area (TPSA) is 71.4 Å². The molecule has 1 aromatic carbocycles. The molecule has 0 aliphatic rings. The van der Waals surface area contributed by atoms with E-state index in [2.05, 4.69) is 15.9 Å². The lowest BCUT2D eigenvalue weighted by Gasteiger charge is -2.12. The highest BCUT2D eigenvalue weighted by Crippen LogP contribution is 2.29. The molecule has 1 aromatic rings. The lowest BCUT2D eigenvalue weighted by atomic mass is 10.0. The number of aliphatic carboxylic acids is 1. The van der Waals surface area contributed by atoms with E-state index in [0.717, 1.165) is 0 Å². The highest BCUT2D eigenvalue weighted by atomic mass is 79.9. The predicted molar refractivity (Wildman–Crippen MR) is 72.5 cm³/mol. The van der Waals surface area contributed by atoms with Crippen molar-refractivity contribution >= 4 is 31.7 Å². The zero-order chi connectivity index (χ0) is 14.1. The molecule has 1 unspecified atom stereocenters. The van der Waals surface area contributed by atoms with Crippen molar-refractivity contribution in [2.75, 3.05) is 0 Å². The molecule has 100 valence electrons. The summed E-state index contributed by atoms with van der Waals surface area (Å²) >= 11 is 3.20. The third-order valence-electron chi connectivity index (χ3n) is 2.75. The van der Waals surface area contributed by atoms with Crippen LogP contribution in [0.5, 0.6) is 0 Å². The number of carboxylic acids is 1. The van der Waals surface area contributed by atoms with Gasteiger partial charge < -0.3 is 5.11 Å². The van der Waals surface area contributed by atoms with Crippen LogP contribution in [0, 0.1) is 0 Å². The fourth-order valence-corrected chi connectivity index (χ4v) is 3.58. The van der Waals surface area contributed by atoms with Crippen molar-refractivity contribution < 1.29 is 18.3 Å². The summed E-state index contributed by atoms with van der Waals surface area (Å²) in [4.78, 5) is 11.1. The summed E-state index contributed by atoms with van der Waals surface area (Å²) in [7, 11) is -3.36. The number of halogens is 1. The Bertz CT molecular complexity index is 563. The Balaban J connectivity index is 3.28. The standard InChI is InChI=1S/C12H15BrO4S/c1-7(2)18(16,17)11-5-4-9(6-10(11)13)8(3)12(14)15/h4-8H,1-3H3,(H,14,15). The van der Waals surface area contributed by atoms with E-state index in [0.29, 0.717) is 10.0 Å². The molecule has 0 spiro atoms. The second-order valence-electron chi connectivity index (χ2n) is 4.34. The van der Waals surface area contributed by atoms with Gasteiger partial charge in [-0.1, -0.05) is 6.07 Å². The van der Waals surface area contributed by atoms with Gasteiger partial charge in [0.2, 0.25) is 0 Å². The van der Waals surface area contributed by atoms with Gasteiger partial charge in [-0.15, -0.1) is 0 Å². The second-order valence-corrected chi connectivity index (χ2v) is 7.67. The summed E-state index contributed by atoms with van der Waals surface area (Å²) in [5.41, 5.74) is 0.567. The Kier molecular flexibility index (Phi) is 4.55. The largest absolute Gasteiger partial charge is 0.481 e. The molecule has 0 amide bonds. The van der Waals surface area contributed by atoms with Crippen molar-refractivity contribution in [1.82, 2.24) is 0 Å². The smallest absolute Gasteiger partial charge is 0.310 e. The Morgan fingerprint density at radius 2 is 1.83 bits per heavy atom. The monoisotopic (exact) mass is 334 g/mol. The normalized spacial score (nSPS) is 13.6. The predicted octanol–water partition coefficient (Wildman–Crippen LogP) is 2.82. The summed E-state index contributed by atoms with van der Waals surface area (Å²) in [6.07, 6.45) is 0. The highest BCUT2D eigenvalue weighted by molar-refractivity contribution is 9.10. The average Bonchev–Trinajstić information content (AvgIpc) is 2.27. The maximum Gasteiger partial charge on any atom is 0.310 e. The van der Waals surface area contributed by atoms with Crippen LogP contribution in [0.2, 0.25) is 0 Å². The Morgan fingerprint density at radius 3 is 2.22 bits per heavy atom. The van der Waals surface area contributed by atoms with Gasteiger partial charge in [0.05, 0.1) is 16.1 Å². The van der Waals surface area contributed by atoms with Crippen LogP contribution in [-0.2, 0) is 14.6 Å². The van der Waals surface area contributed by atoms with E-state index in [1.807, 2.05) is 0 Å². The van der Waals surface area contributed by atoms with E-state index in [4.69, 9.17) is 5.11 Å². The summed E-state index contributed by atoms with van der Waals surface area (Å²) in [5, 5.41) is 8.39. The molecule has 0 saturated carbocycles. The molecule has 0 fully saturated rings. The summed E-state index contributed by atoms with van der Waals surface area (Å²) in [6, 6.07) is 4.54. The van der Waals surface area contributed by atoms with E-state index in [-0.39, 0.29) is 4.90 Å². The molecule has 4 nitrogen and oxygen atoms in total. The summed E-state index contributed by atoms with van der Waals surface area (Å²) in [6.45, 7) is 4.77. The lowest BCUT2D eigenvalue weighted by Crippen LogP contribution is -2.15. The van der Waals surface area contributed by atoms with Crippen LogP contribution >= 0.6 is 15.9 Å². The molecule has 0 heterocycles. The van der Waals surface area contributed by atoms with Crippen molar-refractivity contribution in [3.05, 3.63) is 28.2 Å². The molecule has 1 rings (SSSR count). The Labute approximate surface area is 115 Å². The van der Waals surface area contributed by atoms with E-state index in [1.54, 1.807) is 32.9 Å². The number of sulfone groups is 1.